The van der Waals surface area contributed by atoms with Crippen LogP contribution in [0.15, 0.2) is 0 Å². The van der Waals surface area contributed by atoms with Gasteiger partial charge in [0.2, 0.25) is 0 Å². The second-order valence-corrected chi connectivity index (χ2v) is 4.12. The Labute approximate surface area is 65.6 Å². The van der Waals surface area contributed by atoms with Gasteiger partial charge < -0.3 is 0 Å². The molecule has 0 rings (SSSR count). The lowest BCUT2D eigenvalue weighted by molar-refractivity contribution is 1.16. The maximum absolute atomic E-state index is 4.35. The minimum Gasteiger partial charge on any atom is -0.174 e. The Morgan fingerprint density at radius 3 is 1.88 bits per heavy atom. The highest BCUT2D eigenvalue weighted by Gasteiger charge is 1.97. The van der Waals surface area contributed by atoms with E-state index in [1.54, 1.807) is 0 Å². The van der Waals surface area contributed by atoms with Crippen LogP contribution in [-0.2, 0) is 0 Å². The van der Waals surface area contributed by atoms with Gasteiger partial charge in [-0.25, -0.2) is 0 Å². The quantitative estimate of drug-likeness (QED) is 0.638. The fraction of sp³-hybridized carbons (Fsp3) is 1.00. The topological polar surface area (TPSA) is 0 Å². The van der Waals surface area contributed by atoms with Crippen LogP contribution in [0.1, 0.15) is 0 Å². The normalized spacial score (nSPS) is 10.5. The SMILES string of the molecule is CSCC(S)CSC. The van der Waals surface area contributed by atoms with Gasteiger partial charge in [0.1, 0.15) is 0 Å². The van der Waals surface area contributed by atoms with Gasteiger partial charge in [-0.3, -0.25) is 0 Å². The molecule has 0 aromatic carbocycles. The summed E-state index contributed by atoms with van der Waals surface area (Å²) in [7, 11) is 0. The summed E-state index contributed by atoms with van der Waals surface area (Å²) >= 11 is 8.07. The molecule has 0 heterocycles. The largest absolute Gasteiger partial charge is 0.174 e. The number of thioether (sulfide) groups is 2. The van der Waals surface area contributed by atoms with Crippen molar-refractivity contribution in [2.75, 3.05) is 24.0 Å². The van der Waals surface area contributed by atoms with E-state index >= 15 is 0 Å². The molecule has 50 valence electrons. The zero-order chi connectivity index (χ0) is 6.41. The maximum Gasteiger partial charge on any atom is 0.0198 e. The minimum absolute atomic E-state index is 0.583. The minimum atomic E-state index is 0.583. The lowest BCUT2D eigenvalue weighted by Crippen LogP contribution is -2.04. The molecule has 0 nitrogen and oxygen atoms in total. The van der Waals surface area contributed by atoms with E-state index in [4.69, 9.17) is 0 Å². The second kappa shape index (κ2) is 6.17. The van der Waals surface area contributed by atoms with E-state index in [2.05, 4.69) is 25.1 Å². The summed E-state index contributed by atoms with van der Waals surface area (Å²) in [6.45, 7) is 0. The van der Waals surface area contributed by atoms with Gasteiger partial charge in [-0.1, -0.05) is 0 Å². The Kier molecular flexibility index (Phi) is 6.98. The number of hydrogen-bond acceptors (Lipinski definition) is 3. The Bertz CT molecular complexity index is 40.9. The first kappa shape index (κ1) is 9.05. The summed E-state index contributed by atoms with van der Waals surface area (Å²) < 4.78 is 0. The summed E-state index contributed by atoms with van der Waals surface area (Å²) in [5.41, 5.74) is 0. The molecule has 0 amide bonds. The zero-order valence-electron chi connectivity index (χ0n) is 5.26. The van der Waals surface area contributed by atoms with Crippen LogP contribution < -0.4 is 0 Å². The molecule has 0 fully saturated rings. The van der Waals surface area contributed by atoms with Crippen LogP contribution in [0.3, 0.4) is 0 Å². The molecule has 0 spiro atoms. The Morgan fingerprint density at radius 2 is 1.62 bits per heavy atom. The lowest BCUT2D eigenvalue weighted by atomic mass is 10.6. The third-order valence-electron chi connectivity index (χ3n) is 0.718. The molecule has 8 heavy (non-hydrogen) atoms. The van der Waals surface area contributed by atoms with Crippen LogP contribution in [0.5, 0.6) is 0 Å². The van der Waals surface area contributed by atoms with Gasteiger partial charge in [-0.05, 0) is 12.5 Å². The van der Waals surface area contributed by atoms with Gasteiger partial charge in [-0.15, -0.1) is 0 Å². The molecule has 0 aromatic rings. The fourth-order valence-electron chi connectivity index (χ4n) is 0.433. The van der Waals surface area contributed by atoms with Crippen molar-refractivity contribution in [2.24, 2.45) is 0 Å². The highest BCUT2D eigenvalue weighted by Crippen LogP contribution is 2.08. The molecule has 0 radical (unpaired) electrons. The predicted octanol–water partition coefficient (Wildman–Crippen LogP) is 2.01. The highest BCUT2D eigenvalue weighted by atomic mass is 32.2. The van der Waals surface area contributed by atoms with E-state index in [1.165, 1.54) is 11.5 Å². The molecule has 0 saturated carbocycles. The van der Waals surface area contributed by atoms with Crippen molar-refractivity contribution in [1.82, 2.24) is 0 Å². The van der Waals surface area contributed by atoms with Gasteiger partial charge in [0.15, 0.2) is 0 Å². The van der Waals surface area contributed by atoms with Crippen LogP contribution in [0.25, 0.3) is 0 Å². The molecule has 0 atom stereocenters. The van der Waals surface area contributed by atoms with E-state index in [1.807, 2.05) is 23.5 Å². The van der Waals surface area contributed by atoms with Gasteiger partial charge in [-0.2, -0.15) is 36.2 Å². The number of rotatable bonds is 4. The molecule has 0 bridgehead atoms. The molecule has 0 saturated heterocycles. The smallest absolute Gasteiger partial charge is 0.0198 e. The molecule has 0 aliphatic heterocycles. The van der Waals surface area contributed by atoms with E-state index < -0.39 is 0 Å². The number of thiol groups is 1. The maximum atomic E-state index is 4.35. The Hall–Kier alpha value is 1.05. The van der Waals surface area contributed by atoms with E-state index in [0.717, 1.165) is 0 Å². The third-order valence-corrected chi connectivity index (χ3v) is 3.05. The van der Waals surface area contributed by atoms with Crippen LogP contribution in [-0.4, -0.2) is 29.3 Å². The summed E-state index contributed by atoms with van der Waals surface area (Å²) in [5.74, 6) is 2.34. The fourth-order valence-corrected chi connectivity index (χ4v) is 2.48. The van der Waals surface area contributed by atoms with Crippen LogP contribution in [0.2, 0.25) is 0 Å². The van der Waals surface area contributed by atoms with Crippen molar-refractivity contribution in [3.8, 4) is 0 Å². The lowest BCUT2D eigenvalue weighted by Gasteiger charge is -2.04. The predicted molar refractivity (Wildman–Crippen MR) is 49.5 cm³/mol. The molecule has 0 aliphatic carbocycles. The van der Waals surface area contributed by atoms with Crippen molar-refractivity contribution >= 4 is 36.2 Å². The van der Waals surface area contributed by atoms with Crippen LogP contribution in [0.4, 0.5) is 0 Å². The monoisotopic (exact) mass is 168 g/mol. The summed E-state index contributed by atoms with van der Waals surface area (Å²) in [5, 5.41) is 0.583. The first-order valence-corrected chi connectivity index (χ1v) is 5.77. The van der Waals surface area contributed by atoms with E-state index in [9.17, 15) is 0 Å². The van der Waals surface area contributed by atoms with E-state index in [-0.39, 0.29) is 0 Å². The van der Waals surface area contributed by atoms with Crippen LogP contribution >= 0.6 is 36.2 Å². The third kappa shape index (κ3) is 5.19. The molecule has 0 aromatic heterocycles. The average molecular weight is 168 g/mol. The Balaban J connectivity index is 2.92. The summed E-state index contributed by atoms with van der Waals surface area (Å²) in [6, 6.07) is 0. The van der Waals surface area contributed by atoms with Crippen molar-refractivity contribution in [1.29, 1.82) is 0 Å². The molecular formula is C5H12S3. The van der Waals surface area contributed by atoms with Gasteiger partial charge in [0, 0.05) is 16.8 Å². The van der Waals surface area contributed by atoms with Crippen molar-refractivity contribution in [3.63, 3.8) is 0 Å². The molecule has 0 aliphatic rings. The van der Waals surface area contributed by atoms with Gasteiger partial charge in [0.05, 0.1) is 0 Å². The summed E-state index contributed by atoms with van der Waals surface area (Å²) in [4.78, 5) is 0. The first-order valence-electron chi connectivity index (χ1n) is 2.47. The van der Waals surface area contributed by atoms with E-state index in [0.29, 0.717) is 5.25 Å². The van der Waals surface area contributed by atoms with Crippen molar-refractivity contribution < 1.29 is 0 Å². The van der Waals surface area contributed by atoms with Crippen molar-refractivity contribution in [2.45, 2.75) is 5.25 Å². The second-order valence-electron chi connectivity index (χ2n) is 1.56. The molecule has 3 heteroatoms. The summed E-state index contributed by atoms with van der Waals surface area (Å²) in [6.07, 6.45) is 4.23. The van der Waals surface area contributed by atoms with Crippen LogP contribution in [0, 0.1) is 0 Å². The average Bonchev–Trinajstić information content (AvgIpc) is 1.68. The standard InChI is InChI=1S/C5H12S3/c1-7-3-5(6)4-8-2/h5-6H,3-4H2,1-2H3. The van der Waals surface area contributed by atoms with Gasteiger partial charge >= 0.3 is 0 Å². The zero-order valence-corrected chi connectivity index (χ0v) is 7.78. The molecule has 0 N–H and O–H groups in total. The highest BCUT2D eigenvalue weighted by molar-refractivity contribution is 8.00. The molecular weight excluding hydrogens is 156 g/mol. The molecule has 0 unspecified atom stereocenters. The number of hydrogen-bond donors (Lipinski definition) is 1. The van der Waals surface area contributed by atoms with Gasteiger partial charge in [0.25, 0.3) is 0 Å². The first-order chi connectivity index (χ1) is 3.81. The Morgan fingerprint density at radius 1 is 1.25 bits per heavy atom. The van der Waals surface area contributed by atoms with Crippen molar-refractivity contribution in [3.05, 3.63) is 0 Å².